The summed E-state index contributed by atoms with van der Waals surface area (Å²) in [6.07, 6.45) is 0. The number of nitrogens with zero attached hydrogens (tertiary/aromatic N) is 1. The van der Waals surface area contributed by atoms with Gasteiger partial charge in [-0.1, -0.05) is 29.3 Å². The second kappa shape index (κ2) is 9.11. The quantitative estimate of drug-likeness (QED) is 0.330. The van der Waals surface area contributed by atoms with Gasteiger partial charge in [0.1, 0.15) is 11.6 Å². The zero-order chi connectivity index (χ0) is 23.6. The highest BCUT2D eigenvalue weighted by Crippen LogP contribution is 2.21. The van der Waals surface area contributed by atoms with Gasteiger partial charge < -0.3 is 15.0 Å². The van der Waals surface area contributed by atoms with Gasteiger partial charge >= 0.3 is 5.97 Å². The lowest BCUT2D eigenvalue weighted by atomic mass is 9.94. The van der Waals surface area contributed by atoms with Gasteiger partial charge in [0, 0.05) is 10.7 Å². The first-order chi connectivity index (χ1) is 15.1. The molecule has 0 saturated carbocycles. The molecule has 1 atom stereocenters. The monoisotopic (exact) mass is 455 g/mol. The van der Waals surface area contributed by atoms with Crippen molar-refractivity contribution >= 4 is 51.8 Å². The van der Waals surface area contributed by atoms with Gasteiger partial charge in [-0.05, 0) is 43.7 Å². The highest BCUT2D eigenvalue weighted by molar-refractivity contribution is 6.52. The van der Waals surface area contributed by atoms with Crippen molar-refractivity contribution in [3.05, 3.63) is 68.6 Å². The molecule has 2 N–H and O–H groups in total. The van der Waals surface area contributed by atoms with E-state index in [1.54, 1.807) is 25.1 Å². The molecular formula is C22H18ClN3O6. The van der Waals surface area contributed by atoms with Crippen LogP contribution in [0.1, 0.15) is 22.7 Å². The SMILES string of the molecule is COC(=O)C(=O)[C@H](C(=O)C(=O)Nc1ccc(C)cc1C)c1nc2ccc(Cl)cc2[nH]c1=O. The van der Waals surface area contributed by atoms with E-state index in [0.717, 1.165) is 12.7 Å². The van der Waals surface area contributed by atoms with Crippen molar-refractivity contribution in [1.82, 2.24) is 9.97 Å². The van der Waals surface area contributed by atoms with E-state index in [1.807, 2.05) is 6.92 Å². The van der Waals surface area contributed by atoms with Crippen LogP contribution in [0.4, 0.5) is 5.69 Å². The first-order valence-electron chi connectivity index (χ1n) is 9.36. The van der Waals surface area contributed by atoms with Crippen molar-refractivity contribution in [2.75, 3.05) is 12.4 Å². The second-order valence-electron chi connectivity index (χ2n) is 7.04. The van der Waals surface area contributed by atoms with Gasteiger partial charge in [-0.25, -0.2) is 9.78 Å². The molecule has 0 fully saturated rings. The number of fused-ring (bicyclic) bond motifs is 1. The molecule has 1 aromatic heterocycles. The number of aromatic nitrogens is 2. The molecule has 0 bridgehead atoms. The fraction of sp³-hybridized carbons (Fsp3) is 0.182. The minimum absolute atomic E-state index is 0.203. The highest BCUT2D eigenvalue weighted by Gasteiger charge is 2.40. The van der Waals surface area contributed by atoms with Crippen LogP contribution in [0.25, 0.3) is 11.0 Å². The summed E-state index contributed by atoms with van der Waals surface area (Å²) in [7, 11) is 0.942. The average molecular weight is 456 g/mol. The maximum absolute atomic E-state index is 13.0. The Labute approximate surface area is 186 Å². The number of amides is 1. The summed E-state index contributed by atoms with van der Waals surface area (Å²) in [5, 5.41) is 2.74. The Morgan fingerprint density at radius 3 is 2.44 bits per heavy atom. The molecular weight excluding hydrogens is 438 g/mol. The molecule has 0 aliphatic rings. The largest absolute Gasteiger partial charge is 0.463 e. The van der Waals surface area contributed by atoms with E-state index in [2.05, 4.69) is 20.0 Å². The summed E-state index contributed by atoms with van der Waals surface area (Å²) >= 11 is 5.90. The van der Waals surface area contributed by atoms with Crippen LogP contribution in [-0.2, 0) is 23.9 Å². The van der Waals surface area contributed by atoms with Crippen LogP contribution in [0.3, 0.4) is 0 Å². The van der Waals surface area contributed by atoms with Crippen LogP contribution >= 0.6 is 11.6 Å². The number of rotatable bonds is 6. The fourth-order valence-corrected chi connectivity index (χ4v) is 3.30. The number of hydrogen-bond acceptors (Lipinski definition) is 7. The first-order valence-corrected chi connectivity index (χ1v) is 9.74. The number of H-pyrrole nitrogens is 1. The summed E-state index contributed by atoms with van der Waals surface area (Å²) in [6.45, 7) is 3.59. The molecule has 1 heterocycles. The zero-order valence-corrected chi connectivity index (χ0v) is 18.1. The Kier molecular flexibility index (Phi) is 6.50. The molecule has 0 spiro atoms. The minimum atomic E-state index is -2.09. The number of nitrogens with one attached hydrogen (secondary N) is 2. The molecule has 0 unspecified atom stereocenters. The number of Topliss-reactive ketones (excluding diaryl/α,β-unsaturated/α-hetero) is 2. The van der Waals surface area contributed by atoms with Gasteiger partial charge in [0.15, 0.2) is 0 Å². The number of anilines is 1. The standard InChI is InChI=1S/C22H18ClN3O6/c1-10-4-6-13(11(2)8-10)25-21(30)18(27)16(19(28)22(31)32-3)17-20(29)26-15-9-12(23)5-7-14(15)24-17/h4-9,16H,1-3H3,(H,25,30)(H,26,29)/t16-/m0/s1. The van der Waals surface area contributed by atoms with Gasteiger partial charge in [-0.3, -0.25) is 19.2 Å². The summed E-state index contributed by atoms with van der Waals surface area (Å²) in [5.74, 6) is -7.38. The number of carbonyl (C=O) groups excluding carboxylic acids is 4. The average Bonchev–Trinajstić information content (AvgIpc) is 2.75. The van der Waals surface area contributed by atoms with Crippen LogP contribution < -0.4 is 10.9 Å². The predicted molar refractivity (Wildman–Crippen MR) is 117 cm³/mol. The summed E-state index contributed by atoms with van der Waals surface area (Å²) in [6, 6.07) is 9.49. The maximum atomic E-state index is 13.0. The number of hydrogen-bond donors (Lipinski definition) is 2. The third-order valence-electron chi connectivity index (χ3n) is 4.72. The molecule has 164 valence electrons. The van der Waals surface area contributed by atoms with E-state index < -0.39 is 40.6 Å². The molecule has 3 rings (SSSR count). The molecule has 2 aromatic carbocycles. The van der Waals surface area contributed by atoms with Gasteiger partial charge in [0.05, 0.1) is 18.1 Å². The zero-order valence-electron chi connectivity index (χ0n) is 17.3. The number of aryl methyl sites for hydroxylation is 2. The van der Waals surface area contributed by atoms with Crippen LogP contribution in [0.5, 0.6) is 0 Å². The number of methoxy groups -OCH3 is 1. The van der Waals surface area contributed by atoms with E-state index in [4.69, 9.17) is 11.6 Å². The molecule has 10 heteroatoms. The molecule has 0 radical (unpaired) electrons. The smallest absolute Gasteiger partial charge is 0.375 e. The van der Waals surface area contributed by atoms with Crippen molar-refractivity contribution in [3.63, 3.8) is 0 Å². The Morgan fingerprint density at radius 1 is 1.06 bits per heavy atom. The topological polar surface area (TPSA) is 135 Å². The van der Waals surface area contributed by atoms with Crippen LogP contribution in [-0.4, -0.2) is 40.5 Å². The van der Waals surface area contributed by atoms with Crippen LogP contribution in [0, 0.1) is 13.8 Å². The fourth-order valence-electron chi connectivity index (χ4n) is 3.12. The second-order valence-corrected chi connectivity index (χ2v) is 7.47. The number of ketones is 2. The Bertz CT molecular complexity index is 1330. The van der Waals surface area contributed by atoms with Crippen LogP contribution in [0.15, 0.2) is 41.2 Å². The highest BCUT2D eigenvalue weighted by atomic mass is 35.5. The molecule has 0 aliphatic carbocycles. The Balaban J connectivity index is 2.06. The lowest BCUT2D eigenvalue weighted by Gasteiger charge is -2.14. The normalized spacial score (nSPS) is 11.6. The van der Waals surface area contributed by atoms with Crippen LogP contribution in [0.2, 0.25) is 5.02 Å². The first kappa shape index (κ1) is 22.8. The van der Waals surface area contributed by atoms with Crippen molar-refractivity contribution in [3.8, 4) is 0 Å². The van der Waals surface area contributed by atoms with E-state index in [0.29, 0.717) is 16.3 Å². The Morgan fingerprint density at radius 2 is 1.78 bits per heavy atom. The number of benzene rings is 2. The molecule has 1 amide bonds. The number of carbonyl (C=O) groups is 4. The van der Waals surface area contributed by atoms with Crippen molar-refractivity contribution < 1.29 is 23.9 Å². The number of esters is 1. The third kappa shape index (κ3) is 4.57. The van der Waals surface area contributed by atoms with Gasteiger partial charge in [-0.2, -0.15) is 0 Å². The van der Waals surface area contributed by atoms with Gasteiger partial charge in [0.25, 0.3) is 17.2 Å². The van der Waals surface area contributed by atoms with E-state index >= 15 is 0 Å². The summed E-state index contributed by atoms with van der Waals surface area (Å²) in [4.78, 5) is 69.4. The molecule has 0 aliphatic heterocycles. The molecule has 9 nitrogen and oxygen atoms in total. The number of aromatic amines is 1. The van der Waals surface area contributed by atoms with E-state index in [-0.39, 0.29) is 11.0 Å². The van der Waals surface area contributed by atoms with Crippen molar-refractivity contribution in [2.24, 2.45) is 0 Å². The molecule has 32 heavy (non-hydrogen) atoms. The summed E-state index contributed by atoms with van der Waals surface area (Å²) in [5.41, 5.74) is 0.897. The number of ether oxygens (including phenoxy) is 1. The lowest BCUT2D eigenvalue weighted by molar-refractivity contribution is -0.154. The summed E-state index contributed by atoms with van der Waals surface area (Å²) < 4.78 is 4.41. The van der Waals surface area contributed by atoms with E-state index in [9.17, 15) is 24.0 Å². The molecule has 3 aromatic rings. The number of halogens is 1. The van der Waals surface area contributed by atoms with E-state index in [1.165, 1.54) is 18.2 Å². The predicted octanol–water partition coefficient (Wildman–Crippen LogP) is 2.23. The third-order valence-corrected chi connectivity index (χ3v) is 4.95. The van der Waals surface area contributed by atoms with Crippen molar-refractivity contribution in [1.29, 1.82) is 0 Å². The van der Waals surface area contributed by atoms with Gasteiger partial charge in [0.2, 0.25) is 5.78 Å². The van der Waals surface area contributed by atoms with Crippen molar-refractivity contribution in [2.45, 2.75) is 19.8 Å². The lowest BCUT2D eigenvalue weighted by Crippen LogP contribution is -2.39. The maximum Gasteiger partial charge on any atom is 0.375 e. The Hall–Kier alpha value is -3.85. The molecule has 0 saturated heterocycles. The van der Waals surface area contributed by atoms with Gasteiger partial charge in [-0.15, -0.1) is 0 Å². The minimum Gasteiger partial charge on any atom is -0.463 e.